The van der Waals surface area contributed by atoms with E-state index in [1.165, 1.54) is 51.9 Å². The quantitative estimate of drug-likeness (QED) is 0.411. The smallest absolute Gasteiger partial charge is 0.302 e. The third-order valence-corrected chi connectivity index (χ3v) is 11.5. The molecule has 3 nitrogen and oxygen atoms in total. The van der Waals surface area contributed by atoms with Crippen molar-refractivity contribution < 1.29 is 14.3 Å². The Hall–Kier alpha value is -0.380. The molecule has 0 N–H and O–H groups in total. The highest BCUT2D eigenvalue weighted by Gasteiger charge is 2.70. The zero-order valence-corrected chi connectivity index (χ0v) is 18.9. The zero-order valence-electron chi connectivity index (χ0n) is 17.4. The van der Waals surface area contributed by atoms with Crippen LogP contribution >= 0.6 is 15.9 Å². The highest BCUT2D eigenvalue weighted by Crippen LogP contribution is 2.70. The van der Waals surface area contributed by atoms with Crippen molar-refractivity contribution in [1.29, 1.82) is 0 Å². The van der Waals surface area contributed by atoms with E-state index >= 15 is 0 Å². The molecular formula is C23H35BrO3. The average Bonchev–Trinajstić information content (AvgIpc) is 2.83. The van der Waals surface area contributed by atoms with Gasteiger partial charge >= 0.3 is 5.97 Å². The molecule has 0 spiro atoms. The van der Waals surface area contributed by atoms with Crippen LogP contribution in [-0.4, -0.2) is 22.2 Å². The van der Waals surface area contributed by atoms with E-state index in [1.54, 1.807) is 6.92 Å². The van der Waals surface area contributed by atoms with Gasteiger partial charge in [0.15, 0.2) is 5.78 Å². The van der Waals surface area contributed by atoms with Crippen LogP contribution in [-0.2, 0) is 14.3 Å². The molecule has 0 radical (unpaired) electrons. The highest BCUT2D eigenvalue weighted by atomic mass is 79.9. The summed E-state index contributed by atoms with van der Waals surface area (Å²) >= 11 is 3.88. The van der Waals surface area contributed by atoms with Crippen LogP contribution in [0.25, 0.3) is 0 Å². The minimum atomic E-state index is -0.731. The number of carbonyl (C=O) groups excluding carboxylic acids is 2. The van der Waals surface area contributed by atoms with Gasteiger partial charge < -0.3 is 4.74 Å². The first-order chi connectivity index (χ1) is 12.6. The Morgan fingerprint density at radius 1 is 0.963 bits per heavy atom. The Kier molecular flexibility index (Phi) is 4.85. The van der Waals surface area contributed by atoms with Crippen molar-refractivity contribution in [3.63, 3.8) is 0 Å². The van der Waals surface area contributed by atoms with Crippen molar-refractivity contribution in [3.8, 4) is 0 Å². The minimum Gasteiger partial charge on any atom is -0.461 e. The Morgan fingerprint density at radius 3 is 2.37 bits per heavy atom. The lowest BCUT2D eigenvalue weighted by Crippen LogP contribution is -2.57. The lowest BCUT2D eigenvalue weighted by molar-refractivity contribution is -0.149. The van der Waals surface area contributed by atoms with Gasteiger partial charge in [-0.3, -0.25) is 9.59 Å². The summed E-state index contributed by atoms with van der Waals surface area (Å²) in [5.74, 6) is 2.64. The van der Waals surface area contributed by atoms with Gasteiger partial charge in [-0.2, -0.15) is 0 Å². The van der Waals surface area contributed by atoms with Gasteiger partial charge in [0.05, 0.1) is 0 Å². The van der Waals surface area contributed by atoms with Gasteiger partial charge in [0, 0.05) is 6.92 Å². The fourth-order valence-electron chi connectivity index (χ4n) is 8.22. The van der Waals surface area contributed by atoms with Crippen LogP contribution in [0.2, 0.25) is 0 Å². The Balaban J connectivity index is 1.70. The summed E-state index contributed by atoms with van der Waals surface area (Å²) in [6.45, 7) is 8.00. The third kappa shape index (κ3) is 2.64. The maximum absolute atomic E-state index is 12.8. The molecule has 0 aliphatic heterocycles. The number of alkyl halides is 1. The Labute approximate surface area is 172 Å². The molecule has 27 heavy (non-hydrogen) atoms. The van der Waals surface area contributed by atoms with Crippen molar-refractivity contribution in [3.05, 3.63) is 0 Å². The van der Waals surface area contributed by atoms with Crippen molar-refractivity contribution >= 4 is 27.7 Å². The average molecular weight is 439 g/mol. The summed E-state index contributed by atoms with van der Waals surface area (Å²) in [4.78, 5) is 24.6. The molecule has 4 saturated carbocycles. The molecule has 4 heteroatoms. The SMILES string of the molecule is CC(=O)O[C@@H]1C[C@@H]2[C@@H]3CC[C@H]4CCCC[C@]4(C)[C@@H]3CC[C@]2(C)[C@@]1(Br)C(C)=O. The van der Waals surface area contributed by atoms with E-state index < -0.39 is 4.32 Å². The minimum absolute atomic E-state index is 0.120. The molecular weight excluding hydrogens is 404 g/mol. The van der Waals surface area contributed by atoms with Gasteiger partial charge in [0.1, 0.15) is 10.4 Å². The van der Waals surface area contributed by atoms with Crippen LogP contribution in [0.15, 0.2) is 0 Å². The van der Waals surface area contributed by atoms with E-state index in [0.29, 0.717) is 17.3 Å². The van der Waals surface area contributed by atoms with Gasteiger partial charge in [0.2, 0.25) is 0 Å². The first-order valence-corrected chi connectivity index (χ1v) is 11.8. The second kappa shape index (κ2) is 6.57. The van der Waals surface area contributed by atoms with Crippen molar-refractivity contribution in [2.24, 2.45) is 34.5 Å². The van der Waals surface area contributed by atoms with Crippen molar-refractivity contribution in [1.82, 2.24) is 0 Å². The van der Waals surface area contributed by atoms with E-state index in [4.69, 9.17) is 4.74 Å². The molecule has 4 fully saturated rings. The first kappa shape index (κ1) is 19.9. The first-order valence-electron chi connectivity index (χ1n) is 11.0. The standard InChI is InChI=1S/C23H35BrO3/c1-14(25)23(24)20(27-15(2)26)13-19-17-9-8-16-7-5-6-11-21(16,3)18(17)10-12-22(19,23)4/h16-20H,5-13H2,1-4H3/t16-,17-,18-,19-,20-,21+,22+,23-/m1/s1. The summed E-state index contributed by atoms with van der Waals surface area (Å²) in [5, 5.41) is 0. The predicted molar refractivity (Wildman–Crippen MR) is 110 cm³/mol. The number of ketones is 1. The maximum Gasteiger partial charge on any atom is 0.302 e. The molecule has 4 aliphatic carbocycles. The normalized spacial score (nSPS) is 51.7. The second-order valence-corrected chi connectivity index (χ2v) is 11.7. The molecule has 0 amide bonds. The van der Waals surface area contributed by atoms with Gasteiger partial charge in [0.25, 0.3) is 0 Å². The van der Waals surface area contributed by atoms with Crippen LogP contribution in [0.1, 0.15) is 85.5 Å². The lowest BCUT2D eigenvalue weighted by atomic mass is 9.45. The predicted octanol–water partition coefficient (Wildman–Crippen LogP) is 5.68. The number of halogens is 1. The number of hydrogen-bond donors (Lipinski definition) is 0. The number of fused-ring (bicyclic) bond motifs is 5. The largest absolute Gasteiger partial charge is 0.461 e. The van der Waals surface area contributed by atoms with Gasteiger partial charge in [-0.15, -0.1) is 0 Å². The van der Waals surface area contributed by atoms with E-state index in [9.17, 15) is 9.59 Å². The van der Waals surface area contributed by atoms with E-state index in [-0.39, 0.29) is 23.3 Å². The van der Waals surface area contributed by atoms with Crippen LogP contribution in [0.3, 0.4) is 0 Å². The van der Waals surface area contributed by atoms with Crippen LogP contribution < -0.4 is 0 Å². The Bertz CT molecular complexity index is 648. The topological polar surface area (TPSA) is 43.4 Å². The van der Waals surface area contributed by atoms with Gasteiger partial charge in [-0.1, -0.05) is 42.6 Å². The molecule has 4 rings (SSSR count). The summed E-state index contributed by atoms with van der Waals surface area (Å²) in [5.41, 5.74) is 0.352. The van der Waals surface area contributed by atoms with Crippen LogP contribution in [0, 0.1) is 34.5 Å². The van der Waals surface area contributed by atoms with Crippen LogP contribution in [0.5, 0.6) is 0 Å². The molecule has 8 atom stereocenters. The summed E-state index contributed by atoms with van der Waals surface area (Å²) in [6, 6.07) is 0. The van der Waals surface area contributed by atoms with Crippen LogP contribution in [0.4, 0.5) is 0 Å². The summed E-state index contributed by atoms with van der Waals surface area (Å²) in [7, 11) is 0. The summed E-state index contributed by atoms with van der Waals surface area (Å²) < 4.78 is 5.02. The molecule has 0 aromatic heterocycles. The number of Topliss-reactive ketones (excluding diaryl/α,β-unsaturated/α-hetero) is 1. The fraction of sp³-hybridized carbons (Fsp3) is 0.913. The molecule has 152 valence electrons. The summed E-state index contributed by atoms with van der Waals surface area (Å²) in [6.07, 6.45) is 11.0. The molecule has 0 aromatic carbocycles. The molecule has 0 aromatic rings. The maximum atomic E-state index is 12.8. The number of esters is 1. The molecule has 4 aliphatic rings. The van der Waals surface area contributed by atoms with E-state index in [1.807, 2.05) is 0 Å². The zero-order chi connectivity index (χ0) is 19.6. The number of hydrogen-bond acceptors (Lipinski definition) is 3. The molecule has 0 heterocycles. The fourth-order valence-corrected chi connectivity index (χ4v) is 8.99. The van der Waals surface area contributed by atoms with E-state index in [0.717, 1.165) is 24.7 Å². The molecule has 0 saturated heterocycles. The highest BCUT2D eigenvalue weighted by molar-refractivity contribution is 9.10. The molecule has 0 bridgehead atoms. The number of ether oxygens (including phenoxy) is 1. The van der Waals surface area contributed by atoms with Crippen molar-refractivity contribution in [2.45, 2.75) is 95.9 Å². The second-order valence-electron chi connectivity index (χ2n) is 10.5. The molecule has 0 unspecified atom stereocenters. The monoisotopic (exact) mass is 438 g/mol. The van der Waals surface area contributed by atoms with Gasteiger partial charge in [-0.05, 0) is 86.4 Å². The van der Waals surface area contributed by atoms with Crippen molar-refractivity contribution in [2.75, 3.05) is 0 Å². The number of carbonyl (C=O) groups is 2. The van der Waals surface area contributed by atoms with E-state index in [2.05, 4.69) is 29.8 Å². The third-order valence-electron chi connectivity index (χ3n) is 9.54. The number of rotatable bonds is 2. The Morgan fingerprint density at radius 2 is 1.70 bits per heavy atom. The van der Waals surface area contributed by atoms with Gasteiger partial charge in [-0.25, -0.2) is 0 Å². The lowest BCUT2D eigenvalue weighted by Gasteiger charge is -2.61.